The molecule has 6 heteroatoms. The molecular formula is C16H12BrClN2O2. The van der Waals surface area contributed by atoms with Crippen LogP contribution in [0.25, 0.3) is 0 Å². The Balaban J connectivity index is 1.87. The van der Waals surface area contributed by atoms with Crippen LogP contribution in [0.4, 0.5) is 5.69 Å². The molecule has 1 heterocycles. The molecule has 0 saturated carbocycles. The van der Waals surface area contributed by atoms with Crippen LogP contribution in [0.5, 0.6) is 0 Å². The maximum absolute atomic E-state index is 12.3. The normalized spacial score (nSPS) is 17.3. The van der Waals surface area contributed by atoms with Crippen LogP contribution in [0.2, 0.25) is 5.02 Å². The van der Waals surface area contributed by atoms with Crippen molar-refractivity contribution in [2.24, 2.45) is 0 Å². The highest BCUT2D eigenvalue weighted by Gasteiger charge is 2.28. The summed E-state index contributed by atoms with van der Waals surface area (Å²) >= 11 is 9.29. The van der Waals surface area contributed by atoms with Gasteiger partial charge in [0.1, 0.15) is 6.04 Å². The van der Waals surface area contributed by atoms with Gasteiger partial charge in [-0.15, -0.1) is 0 Å². The van der Waals surface area contributed by atoms with E-state index in [1.54, 1.807) is 30.3 Å². The Morgan fingerprint density at radius 2 is 1.95 bits per heavy atom. The van der Waals surface area contributed by atoms with Crippen molar-refractivity contribution in [1.29, 1.82) is 0 Å². The molecule has 1 unspecified atom stereocenters. The second kappa shape index (κ2) is 6.10. The van der Waals surface area contributed by atoms with Crippen molar-refractivity contribution in [2.45, 2.75) is 12.5 Å². The summed E-state index contributed by atoms with van der Waals surface area (Å²) in [5.74, 6) is -0.518. The molecule has 1 atom stereocenters. The zero-order valence-corrected chi connectivity index (χ0v) is 13.7. The Morgan fingerprint density at radius 3 is 2.73 bits per heavy atom. The van der Waals surface area contributed by atoms with Gasteiger partial charge in [-0.05, 0) is 35.9 Å². The first kappa shape index (κ1) is 15.1. The fourth-order valence-corrected chi connectivity index (χ4v) is 2.95. The number of carbonyl (C=O) groups is 2. The van der Waals surface area contributed by atoms with E-state index in [1.165, 1.54) is 0 Å². The Morgan fingerprint density at radius 1 is 1.14 bits per heavy atom. The minimum atomic E-state index is -0.642. The van der Waals surface area contributed by atoms with E-state index >= 15 is 0 Å². The highest BCUT2D eigenvalue weighted by molar-refractivity contribution is 9.10. The number of nitrogens with one attached hydrogen (secondary N) is 2. The second-order valence-corrected chi connectivity index (χ2v) is 6.39. The third-order valence-electron chi connectivity index (χ3n) is 3.43. The van der Waals surface area contributed by atoms with Crippen LogP contribution >= 0.6 is 27.5 Å². The fraction of sp³-hybridized carbons (Fsp3) is 0.125. The largest absolute Gasteiger partial charge is 0.340 e. The van der Waals surface area contributed by atoms with Crippen molar-refractivity contribution in [1.82, 2.24) is 5.32 Å². The van der Waals surface area contributed by atoms with Crippen LogP contribution in [0.15, 0.2) is 46.9 Å². The highest BCUT2D eigenvalue weighted by atomic mass is 79.9. The lowest BCUT2D eigenvalue weighted by atomic mass is 10.1. The number of hydrogen-bond donors (Lipinski definition) is 2. The molecule has 0 fully saturated rings. The van der Waals surface area contributed by atoms with Gasteiger partial charge in [-0.25, -0.2) is 0 Å². The molecule has 4 nitrogen and oxygen atoms in total. The molecule has 0 bridgehead atoms. The van der Waals surface area contributed by atoms with E-state index in [-0.39, 0.29) is 11.8 Å². The number of hydrogen-bond acceptors (Lipinski definition) is 2. The first-order chi connectivity index (χ1) is 10.5. The van der Waals surface area contributed by atoms with Crippen LogP contribution in [0, 0.1) is 0 Å². The summed E-state index contributed by atoms with van der Waals surface area (Å²) in [6.07, 6.45) is 0.382. The molecule has 1 aliphatic heterocycles. The number of amides is 2. The third kappa shape index (κ3) is 3.15. The zero-order chi connectivity index (χ0) is 15.7. The molecule has 0 saturated heterocycles. The summed E-state index contributed by atoms with van der Waals surface area (Å²) in [5, 5.41) is 6.16. The van der Waals surface area contributed by atoms with Crippen molar-refractivity contribution in [2.75, 3.05) is 5.32 Å². The molecule has 2 amide bonds. The van der Waals surface area contributed by atoms with Crippen LogP contribution in [0.1, 0.15) is 15.9 Å². The first-order valence-corrected chi connectivity index (χ1v) is 7.86. The Hall–Kier alpha value is -1.85. The van der Waals surface area contributed by atoms with Crippen LogP contribution in [-0.4, -0.2) is 17.9 Å². The van der Waals surface area contributed by atoms with Gasteiger partial charge in [0.05, 0.1) is 11.3 Å². The lowest BCUT2D eigenvalue weighted by molar-refractivity contribution is -0.117. The standard InChI is InChI=1S/C16H12BrClN2O2/c17-10-4-5-13-12(8-10)15(21)20-14(16(22)19-13)7-9-2-1-3-11(18)6-9/h1-6,8,14H,7H2,(H,19,22)(H,20,21). The minimum absolute atomic E-state index is 0.241. The van der Waals surface area contributed by atoms with E-state index in [1.807, 2.05) is 12.1 Å². The SMILES string of the molecule is O=C1NC(Cc2cccc(Cl)c2)C(=O)Nc2ccc(Br)cc21. The number of carbonyl (C=O) groups excluding carboxylic acids is 2. The predicted molar refractivity (Wildman–Crippen MR) is 89.2 cm³/mol. The maximum atomic E-state index is 12.3. The number of rotatable bonds is 2. The fourth-order valence-electron chi connectivity index (χ4n) is 2.38. The minimum Gasteiger partial charge on any atom is -0.340 e. The summed E-state index contributed by atoms with van der Waals surface area (Å²) in [4.78, 5) is 24.6. The topological polar surface area (TPSA) is 58.2 Å². The quantitative estimate of drug-likeness (QED) is 0.840. The first-order valence-electron chi connectivity index (χ1n) is 6.68. The van der Waals surface area contributed by atoms with Gasteiger partial charge in [-0.1, -0.05) is 39.7 Å². The maximum Gasteiger partial charge on any atom is 0.254 e. The van der Waals surface area contributed by atoms with Crippen LogP contribution in [0.3, 0.4) is 0 Å². The molecule has 3 rings (SSSR count). The summed E-state index contributed by atoms with van der Waals surface area (Å²) in [7, 11) is 0. The molecule has 2 aromatic rings. The Labute approximate surface area is 141 Å². The van der Waals surface area contributed by atoms with Gasteiger partial charge in [0, 0.05) is 15.9 Å². The average molecular weight is 380 g/mol. The van der Waals surface area contributed by atoms with E-state index in [2.05, 4.69) is 26.6 Å². The summed E-state index contributed by atoms with van der Waals surface area (Å²) in [6.45, 7) is 0. The number of halogens is 2. The van der Waals surface area contributed by atoms with E-state index in [9.17, 15) is 9.59 Å². The van der Waals surface area contributed by atoms with Crippen LogP contribution in [-0.2, 0) is 11.2 Å². The summed E-state index contributed by atoms with van der Waals surface area (Å²) < 4.78 is 0.781. The van der Waals surface area contributed by atoms with Gasteiger partial charge < -0.3 is 10.6 Å². The average Bonchev–Trinajstić information content (AvgIpc) is 2.58. The van der Waals surface area contributed by atoms with Crippen LogP contribution < -0.4 is 10.6 Å². The summed E-state index contributed by atoms with van der Waals surface area (Å²) in [6, 6.07) is 11.8. The molecule has 0 spiro atoms. The molecular weight excluding hydrogens is 368 g/mol. The van der Waals surface area contributed by atoms with Gasteiger partial charge in [0.15, 0.2) is 0 Å². The molecule has 112 valence electrons. The molecule has 0 aliphatic carbocycles. The van der Waals surface area contributed by atoms with E-state index in [4.69, 9.17) is 11.6 Å². The smallest absolute Gasteiger partial charge is 0.254 e. The number of fused-ring (bicyclic) bond motifs is 1. The van der Waals surface area contributed by atoms with Gasteiger partial charge in [0.2, 0.25) is 5.91 Å². The molecule has 1 aliphatic rings. The molecule has 2 aromatic carbocycles. The number of benzene rings is 2. The molecule has 0 radical (unpaired) electrons. The van der Waals surface area contributed by atoms with E-state index in [0.29, 0.717) is 22.7 Å². The highest BCUT2D eigenvalue weighted by Crippen LogP contribution is 2.24. The Bertz CT molecular complexity index is 764. The molecule has 0 aromatic heterocycles. The van der Waals surface area contributed by atoms with Crippen molar-refractivity contribution in [3.63, 3.8) is 0 Å². The van der Waals surface area contributed by atoms with Gasteiger partial charge in [-0.2, -0.15) is 0 Å². The third-order valence-corrected chi connectivity index (χ3v) is 4.16. The zero-order valence-electron chi connectivity index (χ0n) is 11.4. The monoisotopic (exact) mass is 378 g/mol. The number of anilines is 1. The lowest BCUT2D eigenvalue weighted by Crippen LogP contribution is -2.42. The molecule has 2 N–H and O–H groups in total. The Kier molecular flexibility index (Phi) is 4.18. The van der Waals surface area contributed by atoms with Crippen molar-refractivity contribution in [3.05, 3.63) is 63.1 Å². The van der Waals surface area contributed by atoms with E-state index in [0.717, 1.165) is 10.0 Å². The van der Waals surface area contributed by atoms with Crippen molar-refractivity contribution >= 4 is 45.0 Å². The van der Waals surface area contributed by atoms with Gasteiger partial charge in [0.25, 0.3) is 5.91 Å². The van der Waals surface area contributed by atoms with Gasteiger partial charge in [-0.3, -0.25) is 9.59 Å². The predicted octanol–water partition coefficient (Wildman–Crippen LogP) is 3.40. The molecule has 22 heavy (non-hydrogen) atoms. The summed E-state index contributed by atoms with van der Waals surface area (Å²) in [5.41, 5.74) is 1.84. The van der Waals surface area contributed by atoms with Gasteiger partial charge >= 0.3 is 0 Å². The van der Waals surface area contributed by atoms with Crippen molar-refractivity contribution in [3.8, 4) is 0 Å². The second-order valence-electron chi connectivity index (χ2n) is 5.04. The van der Waals surface area contributed by atoms with E-state index < -0.39 is 6.04 Å². The van der Waals surface area contributed by atoms with Crippen molar-refractivity contribution < 1.29 is 9.59 Å². The lowest BCUT2D eigenvalue weighted by Gasteiger charge is -2.14.